The highest BCUT2D eigenvalue weighted by Gasteiger charge is 2.15. The molecule has 0 radical (unpaired) electrons. The van der Waals surface area contributed by atoms with Gasteiger partial charge in [-0.1, -0.05) is 30.3 Å². The average molecular weight is 394 g/mol. The quantitative estimate of drug-likeness (QED) is 0.565. The lowest BCUT2D eigenvalue weighted by Gasteiger charge is -2.10. The molecule has 7 heteroatoms. The largest absolute Gasteiger partial charge is 0.379 e. The molecule has 1 fully saturated rings. The standard InChI is InChI=1S/C22H26N4O3/c27-22(23-9-5-10-28-16-20-8-4-11-29-20)19-12-18-14-25-26(21(18)24-13-19)15-17-6-2-1-3-7-17/h1-3,6-7,12-14,20H,4-5,8-11,15-16H2,(H,23,27). The average Bonchev–Trinajstić information content (AvgIpc) is 3.41. The molecule has 1 amide bonds. The van der Waals surface area contributed by atoms with Crippen LogP contribution in [0.1, 0.15) is 35.2 Å². The lowest BCUT2D eigenvalue weighted by Crippen LogP contribution is -2.25. The predicted octanol–water partition coefficient (Wildman–Crippen LogP) is 2.80. The molecule has 4 rings (SSSR count). The maximum Gasteiger partial charge on any atom is 0.252 e. The number of carbonyl (C=O) groups is 1. The lowest BCUT2D eigenvalue weighted by atomic mass is 10.2. The van der Waals surface area contributed by atoms with Crippen molar-refractivity contribution in [1.29, 1.82) is 0 Å². The number of hydrogen-bond donors (Lipinski definition) is 1. The fourth-order valence-electron chi connectivity index (χ4n) is 3.44. The Bertz CT molecular complexity index is 936. The molecule has 0 bridgehead atoms. The summed E-state index contributed by atoms with van der Waals surface area (Å²) in [5, 5.41) is 8.19. The van der Waals surface area contributed by atoms with Crippen LogP contribution in [0, 0.1) is 0 Å². The van der Waals surface area contributed by atoms with E-state index in [0.717, 1.165) is 42.5 Å². The summed E-state index contributed by atoms with van der Waals surface area (Å²) in [6, 6.07) is 11.9. The highest BCUT2D eigenvalue weighted by atomic mass is 16.5. The highest BCUT2D eigenvalue weighted by Crippen LogP contribution is 2.15. The van der Waals surface area contributed by atoms with Crippen LogP contribution >= 0.6 is 0 Å². The molecule has 3 heterocycles. The molecule has 1 aromatic carbocycles. The molecule has 1 aliphatic heterocycles. The first-order valence-electron chi connectivity index (χ1n) is 10.1. The number of pyridine rings is 1. The maximum absolute atomic E-state index is 12.4. The van der Waals surface area contributed by atoms with E-state index in [4.69, 9.17) is 9.47 Å². The number of benzene rings is 1. The van der Waals surface area contributed by atoms with Crippen molar-refractivity contribution in [3.63, 3.8) is 0 Å². The number of aromatic nitrogens is 3. The first-order valence-corrected chi connectivity index (χ1v) is 10.1. The molecule has 1 aliphatic rings. The molecule has 3 aromatic rings. The molecular weight excluding hydrogens is 368 g/mol. The third kappa shape index (κ3) is 5.19. The van der Waals surface area contributed by atoms with Crippen LogP contribution in [0.3, 0.4) is 0 Å². The monoisotopic (exact) mass is 394 g/mol. The summed E-state index contributed by atoms with van der Waals surface area (Å²) in [6.07, 6.45) is 6.56. The summed E-state index contributed by atoms with van der Waals surface area (Å²) in [5.41, 5.74) is 2.47. The zero-order valence-electron chi connectivity index (χ0n) is 16.4. The maximum atomic E-state index is 12.4. The van der Waals surface area contributed by atoms with Gasteiger partial charge in [0.05, 0.1) is 31.0 Å². The summed E-state index contributed by atoms with van der Waals surface area (Å²) in [7, 11) is 0. The van der Waals surface area contributed by atoms with Gasteiger partial charge >= 0.3 is 0 Å². The normalized spacial score (nSPS) is 16.3. The third-order valence-electron chi connectivity index (χ3n) is 4.99. The van der Waals surface area contributed by atoms with Crippen molar-refractivity contribution < 1.29 is 14.3 Å². The van der Waals surface area contributed by atoms with Crippen molar-refractivity contribution in [1.82, 2.24) is 20.1 Å². The Morgan fingerprint density at radius 2 is 2.17 bits per heavy atom. The first-order chi connectivity index (χ1) is 14.3. The van der Waals surface area contributed by atoms with Crippen LogP contribution in [0.4, 0.5) is 0 Å². The van der Waals surface area contributed by atoms with Gasteiger partial charge in [0.2, 0.25) is 0 Å². The second-order valence-corrected chi connectivity index (χ2v) is 7.24. The molecule has 29 heavy (non-hydrogen) atoms. The zero-order chi connectivity index (χ0) is 19.9. The number of fused-ring (bicyclic) bond motifs is 1. The molecule has 0 aliphatic carbocycles. The number of rotatable bonds is 9. The van der Waals surface area contributed by atoms with Gasteiger partial charge in [0.1, 0.15) is 0 Å². The molecule has 1 saturated heterocycles. The Balaban J connectivity index is 1.26. The molecule has 0 saturated carbocycles. The van der Waals surface area contributed by atoms with E-state index >= 15 is 0 Å². The third-order valence-corrected chi connectivity index (χ3v) is 4.99. The molecule has 0 spiro atoms. The second kappa shape index (κ2) is 9.62. The van der Waals surface area contributed by atoms with Crippen LogP contribution in [0.5, 0.6) is 0 Å². The van der Waals surface area contributed by atoms with Crippen molar-refractivity contribution >= 4 is 16.9 Å². The van der Waals surface area contributed by atoms with Crippen molar-refractivity contribution in [3.05, 3.63) is 59.9 Å². The first kappa shape index (κ1) is 19.5. The summed E-state index contributed by atoms with van der Waals surface area (Å²) in [4.78, 5) is 16.9. The van der Waals surface area contributed by atoms with Gasteiger partial charge in [-0.25, -0.2) is 9.67 Å². The Kier molecular flexibility index (Phi) is 6.49. The summed E-state index contributed by atoms with van der Waals surface area (Å²) in [6.45, 7) is 3.31. The SMILES string of the molecule is O=C(NCCCOCC1CCCO1)c1cnc2c(cnn2Cc2ccccc2)c1. The second-order valence-electron chi connectivity index (χ2n) is 7.24. The van der Waals surface area contributed by atoms with Gasteiger partial charge in [-0.3, -0.25) is 4.79 Å². The van der Waals surface area contributed by atoms with Gasteiger partial charge in [0.25, 0.3) is 5.91 Å². The smallest absolute Gasteiger partial charge is 0.252 e. The fourth-order valence-corrected chi connectivity index (χ4v) is 3.44. The van der Waals surface area contributed by atoms with Crippen molar-refractivity contribution in [2.45, 2.75) is 31.9 Å². The Morgan fingerprint density at radius 3 is 3.00 bits per heavy atom. The number of ether oxygens (including phenoxy) is 2. The van der Waals surface area contributed by atoms with Gasteiger partial charge in [0.15, 0.2) is 5.65 Å². The van der Waals surface area contributed by atoms with Crippen LogP contribution in [0.15, 0.2) is 48.8 Å². The van der Waals surface area contributed by atoms with Crippen LogP contribution in [-0.2, 0) is 16.0 Å². The molecule has 1 atom stereocenters. The van der Waals surface area contributed by atoms with Crippen molar-refractivity contribution in [2.24, 2.45) is 0 Å². The number of hydrogen-bond acceptors (Lipinski definition) is 5. The number of carbonyl (C=O) groups excluding carboxylic acids is 1. The van der Waals surface area contributed by atoms with E-state index in [-0.39, 0.29) is 12.0 Å². The minimum Gasteiger partial charge on any atom is -0.379 e. The number of nitrogens with zero attached hydrogens (tertiary/aromatic N) is 3. The van der Waals surface area contributed by atoms with Crippen molar-refractivity contribution in [2.75, 3.05) is 26.4 Å². The number of nitrogens with one attached hydrogen (secondary N) is 1. The fraction of sp³-hybridized carbons (Fsp3) is 0.409. The minimum atomic E-state index is -0.130. The Hall–Kier alpha value is -2.77. The van der Waals surface area contributed by atoms with Gasteiger partial charge in [-0.15, -0.1) is 0 Å². The topological polar surface area (TPSA) is 78.3 Å². The lowest BCUT2D eigenvalue weighted by molar-refractivity contribution is 0.0166. The van der Waals surface area contributed by atoms with E-state index in [1.54, 1.807) is 12.4 Å². The Labute approximate surface area is 170 Å². The summed E-state index contributed by atoms with van der Waals surface area (Å²) < 4.78 is 13.0. The minimum absolute atomic E-state index is 0.130. The molecule has 2 aromatic heterocycles. The van der Waals surface area contributed by atoms with Gasteiger partial charge < -0.3 is 14.8 Å². The van der Waals surface area contributed by atoms with Gasteiger partial charge in [0, 0.05) is 31.3 Å². The van der Waals surface area contributed by atoms with Crippen LogP contribution in [0.2, 0.25) is 0 Å². The van der Waals surface area contributed by atoms with E-state index in [1.165, 1.54) is 0 Å². The van der Waals surface area contributed by atoms with E-state index < -0.39 is 0 Å². The summed E-state index contributed by atoms with van der Waals surface area (Å²) in [5.74, 6) is -0.130. The van der Waals surface area contributed by atoms with E-state index in [9.17, 15) is 4.79 Å². The van der Waals surface area contributed by atoms with Gasteiger partial charge in [-0.05, 0) is 30.9 Å². The molecule has 1 N–H and O–H groups in total. The molecular formula is C22H26N4O3. The highest BCUT2D eigenvalue weighted by molar-refractivity contribution is 5.96. The molecule has 7 nitrogen and oxygen atoms in total. The molecule has 1 unspecified atom stereocenters. The molecule has 152 valence electrons. The van der Waals surface area contributed by atoms with E-state index in [2.05, 4.69) is 27.5 Å². The van der Waals surface area contributed by atoms with Crippen LogP contribution in [0.25, 0.3) is 11.0 Å². The van der Waals surface area contributed by atoms with Crippen LogP contribution in [-0.4, -0.2) is 53.1 Å². The van der Waals surface area contributed by atoms with Gasteiger partial charge in [-0.2, -0.15) is 5.10 Å². The Morgan fingerprint density at radius 1 is 1.28 bits per heavy atom. The predicted molar refractivity (Wildman–Crippen MR) is 110 cm³/mol. The summed E-state index contributed by atoms with van der Waals surface area (Å²) >= 11 is 0. The van der Waals surface area contributed by atoms with Crippen LogP contribution < -0.4 is 5.32 Å². The number of amides is 1. The van der Waals surface area contributed by atoms with E-state index in [0.29, 0.717) is 31.9 Å². The zero-order valence-corrected chi connectivity index (χ0v) is 16.4. The van der Waals surface area contributed by atoms with E-state index in [1.807, 2.05) is 28.9 Å². The van der Waals surface area contributed by atoms with Crippen molar-refractivity contribution in [3.8, 4) is 0 Å².